The molecule has 0 radical (unpaired) electrons. The minimum absolute atomic E-state index is 0.0588. The van der Waals surface area contributed by atoms with Gasteiger partial charge in [-0.2, -0.15) is 4.98 Å². The number of anilines is 4. The number of piperidine rings is 1. The van der Waals surface area contributed by atoms with Crippen LogP contribution in [0.5, 0.6) is 0 Å². The molecule has 5 rings (SSSR count). The average Bonchev–Trinajstić information content (AvgIpc) is 2.97. The number of pyridine rings is 1. The Labute approximate surface area is 253 Å². The number of sulfone groups is 1. The number of hydrogen-bond donors (Lipinski definition) is 2. The van der Waals surface area contributed by atoms with Crippen LogP contribution in [-0.2, 0) is 24.9 Å². The molecule has 2 fully saturated rings. The normalized spacial score (nSPS) is 19.7. The first-order chi connectivity index (χ1) is 20.4. The largest absolute Gasteiger partial charge is 0.381 e. The molecule has 2 aromatic heterocycles. The molecular formula is C31H41N7O4S. The highest BCUT2D eigenvalue weighted by Crippen LogP contribution is 2.40. The van der Waals surface area contributed by atoms with Crippen LogP contribution in [0.1, 0.15) is 39.2 Å². The van der Waals surface area contributed by atoms with Gasteiger partial charge in [-0.25, -0.2) is 18.4 Å². The number of carbonyl (C=O) groups is 1. The third-order valence-electron chi connectivity index (χ3n) is 8.56. The molecule has 3 aromatic rings. The average molecular weight is 608 g/mol. The molecule has 2 saturated heterocycles. The lowest BCUT2D eigenvalue weighted by molar-refractivity contribution is -0.118. The summed E-state index contributed by atoms with van der Waals surface area (Å²) in [5, 5.41) is 8.22. The van der Waals surface area contributed by atoms with Gasteiger partial charge in [0, 0.05) is 68.4 Å². The second-order valence-electron chi connectivity index (χ2n) is 12.1. The van der Waals surface area contributed by atoms with Crippen LogP contribution in [0.3, 0.4) is 0 Å². The van der Waals surface area contributed by atoms with E-state index in [1.165, 1.54) is 12.3 Å². The molecule has 12 heteroatoms. The molecule has 2 N–H and O–H groups in total. The van der Waals surface area contributed by atoms with Crippen LogP contribution in [0.4, 0.5) is 23.3 Å². The molecule has 2 atom stereocenters. The van der Waals surface area contributed by atoms with E-state index in [-0.39, 0.29) is 29.7 Å². The Morgan fingerprint density at radius 3 is 2.56 bits per heavy atom. The van der Waals surface area contributed by atoms with E-state index in [0.29, 0.717) is 24.1 Å². The molecule has 4 heterocycles. The molecule has 11 nitrogen and oxygen atoms in total. The molecule has 0 bridgehead atoms. The van der Waals surface area contributed by atoms with Crippen molar-refractivity contribution in [2.24, 2.45) is 5.92 Å². The molecule has 1 amide bonds. The van der Waals surface area contributed by atoms with E-state index in [2.05, 4.69) is 38.9 Å². The van der Waals surface area contributed by atoms with Crippen LogP contribution in [-0.4, -0.2) is 80.2 Å². The quantitative estimate of drug-likeness (QED) is 0.329. The van der Waals surface area contributed by atoms with E-state index in [1.807, 2.05) is 44.3 Å². The molecule has 0 unspecified atom stereocenters. The van der Waals surface area contributed by atoms with Gasteiger partial charge in [0.25, 0.3) is 0 Å². The summed E-state index contributed by atoms with van der Waals surface area (Å²) in [5.74, 6) is 1.85. The first-order valence-electron chi connectivity index (χ1n) is 14.6. The lowest BCUT2D eigenvalue weighted by Gasteiger charge is -2.48. The van der Waals surface area contributed by atoms with E-state index in [4.69, 9.17) is 14.7 Å². The summed E-state index contributed by atoms with van der Waals surface area (Å²) in [5.41, 5.74) is 1.18. The van der Waals surface area contributed by atoms with Gasteiger partial charge in [0.2, 0.25) is 11.9 Å². The third-order valence-corrected chi connectivity index (χ3v) is 9.59. The fourth-order valence-electron chi connectivity index (χ4n) is 6.09. The van der Waals surface area contributed by atoms with E-state index in [1.54, 1.807) is 13.3 Å². The minimum atomic E-state index is -3.07. The van der Waals surface area contributed by atoms with E-state index in [0.717, 1.165) is 48.0 Å². The first kappa shape index (κ1) is 30.7. The lowest BCUT2D eigenvalue weighted by atomic mass is 9.86. The number of nitrogens with one attached hydrogen (secondary N) is 2. The van der Waals surface area contributed by atoms with E-state index in [9.17, 15) is 13.2 Å². The first-order valence-corrected chi connectivity index (χ1v) is 16.6. The van der Waals surface area contributed by atoms with Crippen molar-refractivity contribution in [3.05, 3.63) is 54.9 Å². The van der Waals surface area contributed by atoms with Crippen LogP contribution >= 0.6 is 0 Å². The Morgan fingerprint density at radius 1 is 1.16 bits per heavy atom. The summed E-state index contributed by atoms with van der Waals surface area (Å²) >= 11 is 0. The molecule has 230 valence electrons. The van der Waals surface area contributed by atoms with Crippen molar-refractivity contribution in [2.75, 3.05) is 53.9 Å². The smallest absolute Gasteiger partial charge is 0.244 e. The van der Waals surface area contributed by atoms with E-state index < -0.39 is 15.4 Å². The van der Waals surface area contributed by atoms with Gasteiger partial charge in [-0.3, -0.25) is 4.79 Å². The fraction of sp³-hybridized carbons (Fsp3) is 0.484. The van der Waals surface area contributed by atoms with Crippen molar-refractivity contribution >= 4 is 49.8 Å². The Kier molecular flexibility index (Phi) is 8.62. The Hall–Kier alpha value is -3.77. The van der Waals surface area contributed by atoms with Crippen molar-refractivity contribution in [3.63, 3.8) is 0 Å². The highest BCUT2D eigenvalue weighted by atomic mass is 32.2. The predicted molar refractivity (Wildman–Crippen MR) is 171 cm³/mol. The molecule has 2 aliphatic heterocycles. The lowest BCUT2D eigenvalue weighted by Crippen LogP contribution is -2.57. The molecular weight excluding hydrogens is 566 g/mol. The summed E-state index contributed by atoms with van der Waals surface area (Å²) in [6, 6.07) is 7.90. The number of ether oxygens (including phenoxy) is 1. The number of carbonyl (C=O) groups excluding carboxylic acids is 1. The van der Waals surface area contributed by atoms with Gasteiger partial charge in [0.15, 0.2) is 0 Å². The fourth-order valence-corrected chi connectivity index (χ4v) is 7.26. The summed E-state index contributed by atoms with van der Waals surface area (Å²) in [4.78, 5) is 30.7. The topological polar surface area (TPSA) is 130 Å². The van der Waals surface area contributed by atoms with Gasteiger partial charge < -0.3 is 25.2 Å². The van der Waals surface area contributed by atoms with Crippen LogP contribution in [0.15, 0.2) is 49.3 Å². The van der Waals surface area contributed by atoms with Crippen molar-refractivity contribution in [1.82, 2.24) is 20.3 Å². The Morgan fingerprint density at radius 2 is 1.91 bits per heavy atom. The number of nitrogens with zero attached hydrogens (tertiary/aromatic N) is 5. The molecule has 0 spiro atoms. The van der Waals surface area contributed by atoms with Gasteiger partial charge in [-0.05, 0) is 68.8 Å². The highest BCUT2D eigenvalue weighted by Gasteiger charge is 2.38. The number of amides is 1. The Bertz CT molecular complexity index is 1620. The maximum atomic E-state index is 12.3. The zero-order valence-electron chi connectivity index (χ0n) is 25.5. The summed E-state index contributed by atoms with van der Waals surface area (Å²) in [6.07, 6.45) is 8.24. The van der Waals surface area contributed by atoms with Gasteiger partial charge in [0.05, 0.1) is 17.4 Å². The number of aromatic nitrogens is 3. The number of benzene rings is 1. The molecule has 0 aliphatic carbocycles. The molecule has 1 aromatic carbocycles. The second kappa shape index (κ2) is 12.1. The van der Waals surface area contributed by atoms with Gasteiger partial charge in [-0.15, -0.1) is 0 Å². The van der Waals surface area contributed by atoms with E-state index >= 15 is 0 Å². The maximum absolute atomic E-state index is 12.3. The van der Waals surface area contributed by atoms with Crippen molar-refractivity contribution in [2.45, 2.75) is 51.3 Å². The minimum Gasteiger partial charge on any atom is -0.381 e. The van der Waals surface area contributed by atoms with Crippen LogP contribution in [0, 0.1) is 5.92 Å². The van der Waals surface area contributed by atoms with Crippen LogP contribution in [0.2, 0.25) is 0 Å². The summed E-state index contributed by atoms with van der Waals surface area (Å²) in [7, 11) is -1.32. The SMILES string of the molecule is C=CC(=O)NC(C)(C)c1ccc(N2C[C@H](CS(C)(=O)=O)[C@H]2C)c2cnc(Nc3ccnc(N4CCC(OC)CC4)n3)cc12. The van der Waals surface area contributed by atoms with Crippen molar-refractivity contribution < 1.29 is 17.9 Å². The van der Waals surface area contributed by atoms with Crippen molar-refractivity contribution in [3.8, 4) is 0 Å². The van der Waals surface area contributed by atoms with Crippen LogP contribution < -0.4 is 20.4 Å². The number of fused-ring (bicyclic) bond motifs is 1. The highest BCUT2D eigenvalue weighted by molar-refractivity contribution is 7.90. The molecule has 0 saturated carbocycles. The molecule has 2 aliphatic rings. The number of hydrogen-bond acceptors (Lipinski definition) is 10. The monoisotopic (exact) mass is 607 g/mol. The van der Waals surface area contributed by atoms with Crippen LogP contribution in [0.25, 0.3) is 10.8 Å². The number of methoxy groups -OCH3 is 1. The standard InChI is InChI=1S/C31H41N7O4S/c1-7-29(39)36-31(3,4)25-8-9-26(38-18-21(20(38)2)19-43(6,40)41)24-17-33-28(16-23(24)25)34-27-10-13-32-30(35-27)37-14-11-22(42-5)12-15-37/h7-10,13,16-17,20-22H,1,11-12,14-15,18-19H2,2-6H3,(H,36,39)(H,32,33,34,35)/t20-,21-/m1/s1. The van der Waals surface area contributed by atoms with Gasteiger partial charge >= 0.3 is 0 Å². The summed E-state index contributed by atoms with van der Waals surface area (Å²) < 4.78 is 29.4. The number of rotatable bonds is 10. The Balaban J connectivity index is 1.48. The van der Waals surface area contributed by atoms with Gasteiger partial charge in [-0.1, -0.05) is 12.6 Å². The van der Waals surface area contributed by atoms with Gasteiger partial charge in [0.1, 0.15) is 21.5 Å². The summed E-state index contributed by atoms with van der Waals surface area (Å²) in [6.45, 7) is 11.9. The predicted octanol–water partition coefficient (Wildman–Crippen LogP) is 3.79. The second-order valence-corrected chi connectivity index (χ2v) is 14.3. The zero-order chi connectivity index (χ0) is 30.9. The maximum Gasteiger partial charge on any atom is 0.244 e. The third kappa shape index (κ3) is 6.75. The molecule has 43 heavy (non-hydrogen) atoms. The zero-order valence-corrected chi connectivity index (χ0v) is 26.3. The van der Waals surface area contributed by atoms with Crippen molar-refractivity contribution in [1.29, 1.82) is 0 Å².